The number of carbonyl (C=O) groups excluding carboxylic acids is 1. The summed E-state index contributed by atoms with van der Waals surface area (Å²) in [5.74, 6) is 2.00. The number of rotatable bonds is 13. The molecule has 1 aliphatic rings. The zero-order valence-electron chi connectivity index (χ0n) is 21.9. The number of carbonyl (C=O) groups is 1. The Kier molecular flexibility index (Phi) is 9.80. The average molecular weight is 598 g/mol. The first-order chi connectivity index (χ1) is 19.0. The molecule has 1 atom stereocenters. The van der Waals surface area contributed by atoms with Crippen LogP contribution in [0.15, 0.2) is 76.2 Å². The Hall–Kier alpha value is -3.60. The molecule has 39 heavy (non-hydrogen) atoms. The van der Waals surface area contributed by atoms with Crippen molar-refractivity contribution < 1.29 is 28.8 Å². The summed E-state index contributed by atoms with van der Waals surface area (Å²) in [4.78, 5) is 18.4. The van der Waals surface area contributed by atoms with E-state index in [1.54, 1.807) is 14.2 Å². The third kappa shape index (κ3) is 7.08. The molecule has 0 unspecified atom stereocenters. The first kappa shape index (κ1) is 28.4. The topological polar surface area (TPSA) is 111 Å². The van der Waals surface area contributed by atoms with Crippen molar-refractivity contribution in [2.75, 3.05) is 34.0 Å². The number of aliphatic imine (C=N–C) groups is 1. The molecule has 0 aliphatic carbocycles. The second kappa shape index (κ2) is 13.5. The van der Waals surface area contributed by atoms with E-state index in [9.17, 15) is 4.79 Å². The van der Waals surface area contributed by atoms with Gasteiger partial charge in [0.2, 0.25) is 5.90 Å². The Morgan fingerprint density at radius 1 is 1.08 bits per heavy atom. The second-order valence-electron chi connectivity index (χ2n) is 8.95. The summed E-state index contributed by atoms with van der Waals surface area (Å²) >= 11 is 3.59. The van der Waals surface area contributed by atoms with Crippen LogP contribution in [-0.2, 0) is 22.5 Å². The number of nitrogens with zero attached hydrogens (tertiary/aromatic N) is 1. The van der Waals surface area contributed by atoms with Crippen molar-refractivity contribution in [2.24, 2.45) is 4.99 Å². The molecule has 3 N–H and O–H groups in total. The summed E-state index contributed by atoms with van der Waals surface area (Å²) in [6, 6.07) is 20.6. The largest absolute Gasteiger partial charge is 0.494 e. The third-order valence-electron chi connectivity index (χ3n) is 6.24. The van der Waals surface area contributed by atoms with Gasteiger partial charge in [-0.25, -0.2) is 10.4 Å². The second-order valence-corrected chi connectivity index (χ2v) is 9.81. The number of nitrogens with one attached hydrogen (secondary N) is 2. The van der Waals surface area contributed by atoms with Crippen molar-refractivity contribution in [2.45, 2.75) is 24.9 Å². The van der Waals surface area contributed by atoms with Gasteiger partial charge >= 0.3 is 0 Å². The van der Waals surface area contributed by atoms with Crippen LogP contribution >= 0.6 is 15.9 Å². The summed E-state index contributed by atoms with van der Waals surface area (Å²) in [7, 11) is 3.16. The summed E-state index contributed by atoms with van der Waals surface area (Å²) in [5.41, 5.74) is 7.24. The highest BCUT2D eigenvalue weighted by Crippen LogP contribution is 2.30. The van der Waals surface area contributed by atoms with E-state index in [2.05, 4.69) is 26.8 Å². The number of methoxy groups -OCH3 is 2. The molecule has 10 heteroatoms. The van der Waals surface area contributed by atoms with Crippen molar-refractivity contribution in [3.05, 3.63) is 87.9 Å². The van der Waals surface area contributed by atoms with Gasteiger partial charge < -0.3 is 24.1 Å². The van der Waals surface area contributed by atoms with Crippen LogP contribution in [0.5, 0.6) is 17.2 Å². The summed E-state index contributed by atoms with van der Waals surface area (Å²) in [6.07, 6.45) is 0.897. The molecule has 9 nitrogen and oxygen atoms in total. The van der Waals surface area contributed by atoms with Crippen molar-refractivity contribution >= 4 is 27.7 Å². The Bertz CT molecular complexity index is 1300. The molecule has 0 aromatic heterocycles. The molecule has 3 aromatic rings. The van der Waals surface area contributed by atoms with Gasteiger partial charge in [-0.15, -0.1) is 0 Å². The number of halogens is 1. The van der Waals surface area contributed by atoms with Crippen molar-refractivity contribution in [3.8, 4) is 17.2 Å². The number of hydrogen-bond donors (Lipinski definition) is 3. The number of aliphatic hydroxyl groups excluding tert-OH is 1. The van der Waals surface area contributed by atoms with E-state index in [-0.39, 0.29) is 19.1 Å². The van der Waals surface area contributed by atoms with Gasteiger partial charge in [0.1, 0.15) is 12.4 Å². The van der Waals surface area contributed by atoms with Gasteiger partial charge in [0.05, 0.1) is 20.8 Å². The predicted octanol–water partition coefficient (Wildman–Crippen LogP) is 3.81. The quantitative estimate of drug-likeness (QED) is 0.203. The number of amides is 1. The number of ether oxygens (including phenoxy) is 4. The Morgan fingerprint density at radius 3 is 2.56 bits per heavy atom. The van der Waals surface area contributed by atoms with Crippen LogP contribution in [0.25, 0.3) is 0 Å². The van der Waals surface area contributed by atoms with Crippen LogP contribution in [0.2, 0.25) is 0 Å². The fraction of sp³-hybridized carbons (Fsp3) is 0.310. The Labute approximate surface area is 236 Å². The molecule has 1 amide bonds. The number of hydrogen-bond acceptors (Lipinski definition) is 8. The van der Waals surface area contributed by atoms with E-state index in [1.165, 1.54) is 0 Å². The van der Waals surface area contributed by atoms with Crippen LogP contribution in [0.3, 0.4) is 0 Å². The first-order valence-corrected chi connectivity index (χ1v) is 13.3. The standard InChI is InChI=1S/C29H32BrN3O6/c1-36-25-13-8-20(16-26(25)37-2)18-31-33-28(35)29(17-22-6-3-4-7-24(22)30)19-39-27(32-29)21-9-11-23(12-10-21)38-15-5-14-34/h3-4,6-13,16,31,34H,5,14-15,17-19H2,1-2H3,(H,33,35)/t29-/m0/s1. The van der Waals surface area contributed by atoms with Gasteiger partial charge in [-0.1, -0.05) is 40.2 Å². The van der Waals surface area contributed by atoms with Crippen LogP contribution < -0.4 is 25.1 Å². The molecule has 3 aromatic carbocycles. The maximum Gasteiger partial charge on any atom is 0.266 e. The SMILES string of the molecule is COc1ccc(CNNC(=O)[C@]2(Cc3ccccc3Br)COC(c3ccc(OCCCO)cc3)=N2)cc1OC. The van der Waals surface area contributed by atoms with E-state index >= 15 is 0 Å². The molecule has 0 spiro atoms. The maximum atomic E-state index is 13.6. The van der Waals surface area contributed by atoms with E-state index in [1.807, 2.05) is 66.7 Å². The monoisotopic (exact) mass is 597 g/mol. The fourth-order valence-electron chi connectivity index (χ4n) is 4.12. The van der Waals surface area contributed by atoms with Gasteiger partial charge in [0, 0.05) is 36.0 Å². The van der Waals surface area contributed by atoms with Gasteiger partial charge in [0.15, 0.2) is 17.0 Å². The van der Waals surface area contributed by atoms with E-state index in [0.717, 1.165) is 21.2 Å². The number of hydrazine groups is 1. The van der Waals surface area contributed by atoms with E-state index in [0.29, 0.717) is 49.1 Å². The van der Waals surface area contributed by atoms with Gasteiger partial charge in [-0.05, 0) is 53.6 Å². The van der Waals surface area contributed by atoms with Crippen molar-refractivity contribution in [1.29, 1.82) is 0 Å². The van der Waals surface area contributed by atoms with Gasteiger partial charge in [-0.2, -0.15) is 0 Å². The molecule has 0 bridgehead atoms. The zero-order chi connectivity index (χ0) is 27.7. The highest BCUT2D eigenvalue weighted by molar-refractivity contribution is 9.10. The molecular weight excluding hydrogens is 566 g/mol. The van der Waals surface area contributed by atoms with Gasteiger partial charge in [0.25, 0.3) is 5.91 Å². The molecule has 206 valence electrons. The fourth-order valence-corrected chi connectivity index (χ4v) is 4.55. The molecule has 1 heterocycles. The highest BCUT2D eigenvalue weighted by atomic mass is 79.9. The Balaban J connectivity index is 1.51. The molecule has 0 saturated carbocycles. The van der Waals surface area contributed by atoms with Crippen LogP contribution in [-0.4, -0.2) is 56.5 Å². The third-order valence-corrected chi connectivity index (χ3v) is 7.02. The van der Waals surface area contributed by atoms with Gasteiger partial charge in [-0.3, -0.25) is 10.2 Å². The molecule has 0 radical (unpaired) electrons. The predicted molar refractivity (Wildman–Crippen MR) is 151 cm³/mol. The minimum absolute atomic E-state index is 0.0769. The lowest BCUT2D eigenvalue weighted by Crippen LogP contribution is -2.52. The minimum Gasteiger partial charge on any atom is -0.494 e. The maximum absolute atomic E-state index is 13.6. The number of benzene rings is 3. The molecule has 0 fully saturated rings. The lowest BCUT2D eigenvalue weighted by Gasteiger charge is -2.24. The van der Waals surface area contributed by atoms with Crippen molar-refractivity contribution in [1.82, 2.24) is 10.9 Å². The van der Waals surface area contributed by atoms with Crippen molar-refractivity contribution in [3.63, 3.8) is 0 Å². The minimum atomic E-state index is -1.18. The molecular formula is C29H32BrN3O6. The highest BCUT2D eigenvalue weighted by Gasteiger charge is 2.45. The van der Waals surface area contributed by atoms with E-state index < -0.39 is 5.54 Å². The summed E-state index contributed by atoms with van der Waals surface area (Å²) in [6.45, 7) is 0.959. The van der Waals surface area contributed by atoms with Crippen LogP contribution in [0.4, 0.5) is 0 Å². The summed E-state index contributed by atoms with van der Waals surface area (Å²) in [5, 5.41) is 8.94. The van der Waals surface area contributed by atoms with Crippen LogP contribution in [0.1, 0.15) is 23.1 Å². The average Bonchev–Trinajstić information content (AvgIpc) is 3.40. The molecule has 1 aliphatic heterocycles. The number of aliphatic hydroxyl groups is 1. The van der Waals surface area contributed by atoms with E-state index in [4.69, 9.17) is 29.0 Å². The summed E-state index contributed by atoms with van der Waals surface area (Å²) < 4.78 is 23.2. The lowest BCUT2D eigenvalue weighted by molar-refractivity contribution is -0.127. The Morgan fingerprint density at radius 2 is 1.85 bits per heavy atom. The van der Waals surface area contributed by atoms with Crippen LogP contribution in [0, 0.1) is 0 Å². The first-order valence-electron chi connectivity index (χ1n) is 12.5. The lowest BCUT2D eigenvalue weighted by atomic mass is 9.91. The smallest absolute Gasteiger partial charge is 0.266 e. The molecule has 4 rings (SSSR count). The molecule has 0 saturated heterocycles. The normalized spacial score (nSPS) is 16.3. The zero-order valence-corrected chi connectivity index (χ0v) is 23.5.